The fourth-order valence-electron chi connectivity index (χ4n) is 5.53. The Bertz CT molecular complexity index is 1210. The molecule has 0 aromatic heterocycles. The summed E-state index contributed by atoms with van der Waals surface area (Å²) >= 11 is 0. The molecule has 1 fully saturated rings. The van der Waals surface area contributed by atoms with E-state index in [0.717, 1.165) is 25.7 Å². The zero-order valence-corrected chi connectivity index (χ0v) is 24.1. The molecular weight excluding hydrogens is 510 g/mol. The molecule has 3 atom stereocenters. The first-order valence-electron chi connectivity index (χ1n) is 14.0. The number of nitrogens with zero attached hydrogens (tertiary/aromatic N) is 2. The number of fused-ring (bicyclic) bond motifs is 1. The fraction of sp³-hybridized carbons (Fsp3) is 0.516. The van der Waals surface area contributed by atoms with Crippen LogP contribution in [0.1, 0.15) is 60.2 Å². The van der Waals surface area contributed by atoms with Gasteiger partial charge in [-0.15, -0.1) is 0 Å². The molecule has 3 amide bonds. The highest BCUT2D eigenvalue weighted by Gasteiger charge is 2.34. The molecule has 2 aliphatic rings. The molecule has 9 nitrogen and oxygen atoms in total. The molecule has 1 aliphatic carbocycles. The van der Waals surface area contributed by atoms with Crippen molar-refractivity contribution in [2.75, 3.05) is 46.3 Å². The lowest BCUT2D eigenvalue weighted by Crippen LogP contribution is -2.50. The van der Waals surface area contributed by atoms with Gasteiger partial charge in [-0.2, -0.15) is 0 Å². The van der Waals surface area contributed by atoms with Crippen molar-refractivity contribution in [1.29, 1.82) is 0 Å². The van der Waals surface area contributed by atoms with Gasteiger partial charge in [0.1, 0.15) is 18.1 Å². The van der Waals surface area contributed by atoms with Gasteiger partial charge in [0.25, 0.3) is 11.8 Å². The highest BCUT2D eigenvalue weighted by atomic mass is 16.5. The molecule has 1 aliphatic heterocycles. The van der Waals surface area contributed by atoms with Crippen LogP contribution in [0.5, 0.6) is 11.5 Å². The summed E-state index contributed by atoms with van der Waals surface area (Å²) in [6, 6.07) is 11.7. The Morgan fingerprint density at radius 1 is 1.02 bits per heavy atom. The molecule has 1 heterocycles. The van der Waals surface area contributed by atoms with Gasteiger partial charge < -0.3 is 29.3 Å². The van der Waals surface area contributed by atoms with Crippen LogP contribution >= 0.6 is 0 Å². The quantitative estimate of drug-likeness (QED) is 0.589. The fourth-order valence-corrected chi connectivity index (χ4v) is 5.53. The first-order valence-corrected chi connectivity index (χ1v) is 14.0. The van der Waals surface area contributed by atoms with E-state index in [9.17, 15) is 14.4 Å². The number of hydrogen-bond acceptors (Lipinski definition) is 6. The van der Waals surface area contributed by atoms with E-state index in [1.54, 1.807) is 68.6 Å². The second kappa shape index (κ2) is 13.2. The Labute approximate surface area is 236 Å². The largest absolute Gasteiger partial charge is 0.497 e. The Morgan fingerprint density at radius 2 is 1.77 bits per heavy atom. The molecule has 1 saturated carbocycles. The van der Waals surface area contributed by atoms with E-state index in [2.05, 4.69) is 12.2 Å². The smallest absolute Gasteiger partial charge is 0.257 e. The molecule has 0 radical (unpaired) electrons. The van der Waals surface area contributed by atoms with Crippen LogP contribution in [0.15, 0.2) is 42.5 Å². The van der Waals surface area contributed by atoms with Crippen molar-refractivity contribution >= 4 is 23.4 Å². The molecule has 216 valence electrons. The molecule has 40 heavy (non-hydrogen) atoms. The van der Waals surface area contributed by atoms with E-state index in [1.807, 2.05) is 11.8 Å². The van der Waals surface area contributed by atoms with Crippen molar-refractivity contribution in [3.05, 3.63) is 53.6 Å². The van der Waals surface area contributed by atoms with Gasteiger partial charge in [0.05, 0.1) is 24.8 Å². The zero-order chi connectivity index (χ0) is 28.8. The van der Waals surface area contributed by atoms with Gasteiger partial charge in [0.2, 0.25) is 5.91 Å². The SMILES string of the molecule is COc1cccc(C(=O)Nc2ccc3c(c2)OC[C@@H](C)N(C(=O)C2CCCC2)C[C@@H](C)[C@H](OC)CN(C)C3=O)c1. The maximum Gasteiger partial charge on any atom is 0.257 e. The first-order chi connectivity index (χ1) is 19.2. The first kappa shape index (κ1) is 29.4. The number of anilines is 1. The van der Waals surface area contributed by atoms with Crippen molar-refractivity contribution in [2.45, 2.75) is 51.7 Å². The van der Waals surface area contributed by atoms with Crippen LogP contribution in [0.3, 0.4) is 0 Å². The van der Waals surface area contributed by atoms with Gasteiger partial charge in [-0.25, -0.2) is 0 Å². The van der Waals surface area contributed by atoms with E-state index in [1.165, 1.54) is 0 Å². The van der Waals surface area contributed by atoms with E-state index < -0.39 is 0 Å². The van der Waals surface area contributed by atoms with Gasteiger partial charge in [-0.05, 0) is 50.1 Å². The third-order valence-electron chi connectivity index (χ3n) is 8.02. The topological polar surface area (TPSA) is 97.4 Å². The number of methoxy groups -OCH3 is 2. The Hall–Kier alpha value is -3.59. The third-order valence-corrected chi connectivity index (χ3v) is 8.02. The summed E-state index contributed by atoms with van der Waals surface area (Å²) in [7, 11) is 4.93. The minimum atomic E-state index is -0.311. The number of rotatable bonds is 5. The zero-order valence-electron chi connectivity index (χ0n) is 24.1. The Kier molecular flexibility index (Phi) is 9.68. The summed E-state index contributed by atoms with van der Waals surface area (Å²) in [5.74, 6) is 0.631. The highest BCUT2D eigenvalue weighted by molar-refractivity contribution is 6.05. The number of carbonyl (C=O) groups is 3. The van der Waals surface area contributed by atoms with Crippen molar-refractivity contribution in [1.82, 2.24) is 9.80 Å². The van der Waals surface area contributed by atoms with Crippen LogP contribution in [0.25, 0.3) is 0 Å². The van der Waals surface area contributed by atoms with E-state index in [0.29, 0.717) is 41.4 Å². The number of carbonyl (C=O) groups excluding carboxylic acids is 3. The van der Waals surface area contributed by atoms with Gasteiger partial charge in [0.15, 0.2) is 0 Å². The number of ether oxygens (including phenoxy) is 3. The molecule has 1 N–H and O–H groups in total. The van der Waals surface area contributed by atoms with Crippen LogP contribution < -0.4 is 14.8 Å². The van der Waals surface area contributed by atoms with Gasteiger partial charge >= 0.3 is 0 Å². The lowest BCUT2D eigenvalue weighted by molar-refractivity contribution is -0.139. The monoisotopic (exact) mass is 551 g/mol. The Balaban J connectivity index is 1.63. The van der Waals surface area contributed by atoms with Gasteiger partial charge in [-0.1, -0.05) is 25.8 Å². The maximum atomic E-state index is 13.6. The molecule has 0 spiro atoms. The number of amides is 3. The summed E-state index contributed by atoms with van der Waals surface area (Å²) < 4.78 is 17.3. The lowest BCUT2D eigenvalue weighted by Gasteiger charge is -2.37. The van der Waals surface area contributed by atoms with Crippen molar-refractivity contribution < 1.29 is 28.6 Å². The van der Waals surface area contributed by atoms with Crippen LogP contribution in [0, 0.1) is 11.8 Å². The summed E-state index contributed by atoms with van der Waals surface area (Å²) in [6.45, 7) is 5.13. The van der Waals surface area contributed by atoms with E-state index in [4.69, 9.17) is 14.2 Å². The summed E-state index contributed by atoms with van der Waals surface area (Å²) in [5.41, 5.74) is 1.31. The average Bonchev–Trinajstić information content (AvgIpc) is 3.51. The predicted molar refractivity (Wildman–Crippen MR) is 153 cm³/mol. The number of benzene rings is 2. The third kappa shape index (κ3) is 6.75. The highest BCUT2D eigenvalue weighted by Crippen LogP contribution is 2.30. The number of nitrogens with one attached hydrogen (secondary N) is 1. The van der Waals surface area contributed by atoms with E-state index in [-0.39, 0.29) is 48.3 Å². The lowest BCUT2D eigenvalue weighted by atomic mass is 9.99. The molecule has 0 saturated heterocycles. The molecule has 9 heteroatoms. The van der Waals surface area contributed by atoms with Crippen LogP contribution in [-0.2, 0) is 9.53 Å². The van der Waals surface area contributed by atoms with Crippen molar-refractivity contribution in [3.63, 3.8) is 0 Å². The van der Waals surface area contributed by atoms with Crippen LogP contribution in [-0.4, -0.2) is 80.6 Å². The standard InChI is InChI=1S/C31H41N3O6/c1-20-17-34(30(36)22-9-6-7-10-22)21(2)19-40-27-16-24(32-29(35)23-11-8-12-25(15-23)38-4)13-14-26(27)31(37)33(3)18-28(20)39-5/h8,11-16,20-22,28H,6-7,9-10,17-19H2,1-5H3,(H,32,35)/t20-,21-,28-/m1/s1. The van der Waals surface area contributed by atoms with Crippen LogP contribution in [0.4, 0.5) is 5.69 Å². The van der Waals surface area contributed by atoms with E-state index >= 15 is 0 Å². The number of likely N-dealkylation sites (N-methyl/N-ethyl adjacent to an activating group) is 1. The maximum absolute atomic E-state index is 13.6. The van der Waals surface area contributed by atoms with Gasteiger partial charge in [0, 0.05) is 56.4 Å². The molecule has 0 bridgehead atoms. The van der Waals surface area contributed by atoms with Crippen molar-refractivity contribution in [2.24, 2.45) is 11.8 Å². The summed E-state index contributed by atoms with van der Waals surface area (Å²) in [5, 5.41) is 2.89. The molecule has 2 aromatic carbocycles. The minimum absolute atomic E-state index is 0.0150. The van der Waals surface area contributed by atoms with Gasteiger partial charge in [-0.3, -0.25) is 14.4 Å². The summed E-state index contributed by atoms with van der Waals surface area (Å²) in [6.07, 6.45) is 3.75. The summed E-state index contributed by atoms with van der Waals surface area (Å²) in [4.78, 5) is 43.6. The van der Waals surface area contributed by atoms with Crippen LogP contribution in [0.2, 0.25) is 0 Å². The molecule has 0 unspecified atom stereocenters. The molecule has 4 rings (SSSR count). The molecular formula is C31H41N3O6. The second-order valence-electron chi connectivity index (χ2n) is 11.0. The average molecular weight is 552 g/mol. The normalized spacial score (nSPS) is 22.5. The predicted octanol–water partition coefficient (Wildman–Crippen LogP) is 4.47. The van der Waals surface area contributed by atoms with Crippen molar-refractivity contribution in [3.8, 4) is 11.5 Å². The second-order valence-corrected chi connectivity index (χ2v) is 11.0. The molecule has 2 aromatic rings. The number of hydrogen-bond donors (Lipinski definition) is 1. The minimum Gasteiger partial charge on any atom is -0.497 e. The Morgan fingerprint density at radius 3 is 2.48 bits per heavy atom.